The van der Waals surface area contributed by atoms with E-state index in [-0.39, 0.29) is 23.8 Å². The van der Waals surface area contributed by atoms with Gasteiger partial charge in [0.15, 0.2) is 0 Å². The Balaban J connectivity index is 1.47. The molecule has 1 atom stereocenters. The second-order valence-electron chi connectivity index (χ2n) is 7.13. The summed E-state index contributed by atoms with van der Waals surface area (Å²) in [5.41, 5.74) is 2.03. The van der Waals surface area contributed by atoms with Gasteiger partial charge in [0.05, 0.1) is 6.04 Å². The van der Waals surface area contributed by atoms with E-state index in [1.165, 1.54) is 0 Å². The van der Waals surface area contributed by atoms with Gasteiger partial charge in [0.2, 0.25) is 11.8 Å². The Morgan fingerprint density at radius 3 is 2.36 bits per heavy atom. The highest BCUT2D eigenvalue weighted by molar-refractivity contribution is 6.30. The quantitative estimate of drug-likeness (QED) is 0.758. The summed E-state index contributed by atoms with van der Waals surface area (Å²) < 4.78 is 0. The molecule has 0 bridgehead atoms. The molecule has 1 fully saturated rings. The van der Waals surface area contributed by atoms with Gasteiger partial charge in [0.1, 0.15) is 0 Å². The van der Waals surface area contributed by atoms with Crippen molar-refractivity contribution in [2.75, 3.05) is 13.1 Å². The summed E-state index contributed by atoms with van der Waals surface area (Å²) >= 11 is 5.92. The van der Waals surface area contributed by atoms with E-state index in [0.717, 1.165) is 11.1 Å². The molecule has 1 aliphatic rings. The highest BCUT2D eigenvalue weighted by Gasteiger charge is 2.27. The largest absolute Gasteiger partial charge is 0.349 e. The third-order valence-electron chi connectivity index (χ3n) is 5.12. The Kier molecular flexibility index (Phi) is 6.88. The van der Waals surface area contributed by atoms with E-state index < -0.39 is 0 Å². The van der Waals surface area contributed by atoms with Crippen LogP contribution < -0.4 is 5.32 Å². The summed E-state index contributed by atoms with van der Waals surface area (Å²) in [6.07, 6.45) is 4.81. The molecule has 1 aliphatic heterocycles. The van der Waals surface area contributed by atoms with Crippen LogP contribution in [0.4, 0.5) is 0 Å². The molecule has 2 aromatic carbocycles. The Labute approximate surface area is 171 Å². The molecule has 3 rings (SSSR count). The van der Waals surface area contributed by atoms with Crippen molar-refractivity contribution >= 4 is 29.5 Å². The van der Waals surface area contributed by atoms with Crippen molar-refractivity contribution in [1.29, 1.82) is 0 Å². The lowest BCUT2D eigenvalue weighted by Crippen LogP contribution is -2.43. The maximum Gasteiger partial charge on any atom is 0.246 e. The van der Waals surface area contributed by atoms with Crippen LogP contribution in [0.3, 0.4) is 0 Å². The third-order valence-corrected chi connectivity index (χ3v) is 5.38. The zero-order valence-corrected chi connectivity index (χ0v) is 16.7. The molecule has 1 saturated heterocycles. The maximum absolute atomic E-state index is 12.6. The summed E-state index contributed by atoms with van der Waals surface area (Å²) in [4.78, 5) is 26.8. The SMILES string of the molecule is CC(NC(=O)C1CCN(C(=O)/C=C/c2ccccc2)CC1)c1ccc(Cl)cc1. The van der Waals surface area contributed by atoms with Crippen LogP contribution in [0, 0.1) is 5.92 Å². The fourth-order valence-electron chi connectivity index (χ4n) is 3.37. The number of carbonyl (C=O) groups is 2. The van der Waals surface area contributed by atoms with Crippen LogP contribution in [0.15, 0.2) is 60.7 Å². The first-order chi connectivity index (χ1) is 13.5. The number of nitrogens with zero attached hydrogens (tertiary/aromatic N) is 1. The molecule has 0 saturated carbocycles. The van der Waals surface area contributed by atoms with Crippen molar-refractivity contribution < 1.29 is 9.59 Å². The van der Waals surface area contributed by atoms with Crippen LogP contribution in [0.5, 0.6) is 0 Å². The number of benzene rings is 2. The summed E-state index contributed by atoms with van der Waals surface area (Å²) in [5, 5.41) is 3.76. The summed E-state index contributed by atoms with van der Waals surface area (Å²) in [5.74, 6) is -0.0106. The number of hydrogen-bond acceptors (Lipinski definition) is 2. The van der Waals surface area contributed by atoms with Gasteiger partial charge in [-0.2, -0.15) is 0 Å². The van der Waals surface area contributed by atoms with Crippen molar-refractivity contribution in [2.24, 2.45) is 5.92 Å². The lowest BCUT2D eigenvalue weighted by atomic mass is 9.95. The van der Waals surface area contributed by atoms with E-state index in [4.69, 9.17) is 11.6 Å². The summed E-state index contributed by atoms with van der Waals surface area (Å²) in [6.45, 7) is 3.17. The summed E-state index contributed by atoms with van der Waals surface area (Å²) in [6, 6.07) is 17.2. The number of rotatable bonds is 5. The minimum atomic E-state index is -0.0711. The minimum Gasteiger partial charge on any atom is -0.349 e. The first kappa shape index (κ1) is 20.2. The van der Waals surface area contributed by atoms with E-state index in [0.29, 0.717) is 31.0 Å². The minimum absolute atomic E-state index is 0.00255. The van der Waals surface area contributed by atoms with Crippen molar-refractivity contribution in [2.45, 2.75) is 25.8 Å². The zero-order chi connectivity index (χ0) is 19.9. The number of halogens is 1. The fourth-order valence-corrected chi connectivity index (χ4v) is 3.49. The maximum atomic E-state index is 12.6. The van der Waals surface area contributed by atoms with Crippen molar-refractivity contribution in [1.82, 2.24) is 10.2 Å². The summed E-state index contributed by atoms with van der Waals surface area (Å²) in [7, 11) is 0. The number of piperidine rings is 1. The number of amides is 2. The Bertz CT molecular complexity index is 825. The molecule has 0 spiro atoms. The van der Waals surface area contributed by atoms with Crippen LogP contribution >= 0.6 is 11.6 Å². The van der Waals surface area contributed by atoms with Gasteiger partial charge in [-0.1, -0.05) is 54.1 Å². The van der Waals surface area contributed by atoms with Gasteiger partial charge in [-0.25, -0.2) is 0 Å². The molecule has 146 valence electrons. The Morgan fingerprint density at radius 1 is 1.07 bits per heavy atom. The van der Waals surface area contributed by atoms with Gasteiger partial charge in [0, 0.05) is 30.1 Å². The molecule has 2 amide bonds. The third kappa shape index (κ3) is 5.46. The highest BCUT2D eigenvalue weighted by atomic mass is 35.5. The van der Waals surface area contributed by atoms with E-state index in [1.807, 2.05) is 72.5 Å². The molecule has 0 aromatic heterocycles. The molecule has 0 aliphatic carbocycles. The first-order valence-electron chi connectivity index (χ1n) is 9.61. The van der Waals surface area contributed by atoms with Gasteiger partial charge in [0.25, 0.3) is 0 Å². The van der Waals surface area contributed by atoms with Crippen molar-refractivity contribution in [3.8, 4) is 0 Å². The number of likely N-dealkylation sites (tertiary alicyclic amines) is 1. The van der Waals surface area contributed by atoms with E-state index in [2.05, 4.69) is 5.32 Å². The van der Waals surface area contributed by atoms with Gasteiger partial charge in [-0.3, -0.25) is 9.59 Å². The fraction of sp³-hybridized carbons (Fsp3) is 0.304. The van der Waals surface area contributed by atoms with Gasteiger partial charge >= 0.3 is 0 Å². The average Bonchev–Trinajstić information content (AvgIpc) is 2.73. The van der Waals surface area contributed by atoms with Gasteiger partial charge < -0.3 is 10.2 Å². The Morgan fingerprint density at radius 2 is 1.71 bits per heavy atom. The van der Waals surface area contributed by atoms with E-state index in [1.54, 1.807) is 6.08 Å². The number of hydrogen-bond donors (Lipinski definition) is 1. The lowest BCUT2D eigenvalue weighted by molar-refractivity contribution is -0.132. The second-order valence-corrected chi connectivity index (χ2v) is 7.56. The second kappa shape index (κ2) is 9.56. The smallest absolute Gasteiger partial charge is 0.246 e. The van der Waals surface area contributed by atoms with Crippen LogP contribution in [0.1, 0.15) is 36.9 Å². The zero-order valence-electron chi connectivity index (χ0n) is 16.0. The molecule has 0 radical (unpaired) electrons. The molecule has 1 heterocycles. The molecule has 1 N–H and O–H groups in total. The standard InChI is InChI=1S/C23H25ClN2O2/c1-17(19-8-10-21(24)11-9-19)25-23(28)20-13-15-26(16-14-20)22(27)12-7-18-5-3-2-4-6-18/h2-12,17,20H,13-16H2,1H3,(H,25,28)/b12-7+. The van der Waals surface area contributed by atoms with Crippen LogP contribution in [0.25, 0.3) is 6.08 Å². The van der Waals surface area contributed by atoms with Crippen molar-refractivity contribution in [3.05, 3.63) is 76.8 Å². The molecular weight excluding hydrogens is 372 g/mol. The van der Waals surface area contributed by atoms with Crippen LogP contribution in [-0.4, -0.2) is 29.8 Å². The Hall–Kier alpha value is -2.59. The predicted octanol–water partition coefficient (Wildman–Crippen LogP) is 4.47. The first-order valence-corrected chi connectivity index (χ1v) is 9.98. The molecule has 1 unspecified atom stereocenters. The van der Waals surface area contributed by atoms with Crippen LogP contribution in [0.2, 0.25) is 5.02 Å². The predicted molar refractivity (Wildman–Crippen MR) is 113 cm³/mol. The number of nitrogens with one attached hydrogen (secondary N) is 1. The monoisotopic (exact) mass is 396 g/mol. The molecule has 28 heavy (non-hydrogen) atoms. The van der Waals surface area contributed by atoms with E-state index in [9.17, 15) is 9.59 Å². The van der Waals surface area contributed by atoms with E-state index >= 15 is 0 Å². The number of carbonyl (C=O) groups excluding carboxylic acids is 2. The topological polar surface area (TPSA) is 49.4 Å². The normalized spacial score (nSPS) is 16.1. The molecule has 2 aromatic rings. The average molecular weight is 397 g/mol. The van der Waals surface area contributed by atoms with Crippen molar-refractivity contribution in [3.63, 3.8) is 0 Å². The molecular formula is C23H25ClN2O2. The lowest BCUT2D eigenvalue weighted by Gasteiger charge is -2.31. The van der Waals surface area contributed by atoms with Gasteiger partial charge in [-0.15, -0.1) is 0 Å². The molecule has 4 nitrogen and oxygen atoms in total. The molecule has 5 heteroatoms. The highest BCUT2D eigenvalue weighted by Crippen LogP contribution is 2.21. The van der Waals surface area contributed by atoms with Crippen LogP contribution in [-0.2, 0) is 9.59 Å². The van der Waals surface area contributed by atoms with Gasteiger partial charge in [-0.05, 0) is 49.1 Å².